The van der Waals surface area contributed by atoms with Crippen LogP contribution in [-0.4, -0.2) is 47.6 Å². The Hall–Kier alpha value is -3.85. The van der Waals surface area contributed by atoms with E-state index >= 15 is 0 Å². The molecule has 1 heterocycles. The molecule has 3 amide bonds. The Labute approximate surface area is 179 Å². The molecule has 3 rings (SSSR count). The highest BCUT2D eigenvalue weighted by Gasteiger charge is 2.12. The van der Waals surface area contributed by atoms with Gasteiger partial charge >= 0.3 is 6.03 Å². The fourth-order valence-electron chi connectivity index (χ4n) is 3.11. The smallest absolute Gasteiger partial charge is 0.332 e. The fourth-order valence-corrected chi connectivity index (χ4v) is 3.11. The number of benzene rings is 2. The molecule has 4 N–H and O–H groups in total. The zero-order chi connectivity index (χ0) is 22.4. The third-order valence-electron chi connectivity index (χ3n) is 4.74. The summed E-state index contributed by atoms with van der Waals surface area (Å²) in [6.45, 7) is 1.90. The van der Waals surface area contributed by atoms with Gasteiger partial charge in [-0.2, -0.15) is 5.10 Å². The van der Waals surface area contributed by atoms with Crippen molar-refractivity contribution in [2.75, 3.05) is 18.6 Å². The molecular weight excluding hydrogens is 398 g/mol. The van der Waals surface area contributed by atoms with Crippen LogP contribution in [0.1, 0.15) is 12.5 Å². The first-order valence-electron chi connectivity index (χ1n) is 9.66. The molecule has 9 heteroatoms. The number of nitrogens with zero attached hydrogens (tertiary/aromatic N) is 3. The molecule has 0 fully saturated rings. The Morgan fingerprint density at radius 1 is 1.26 bits per heavy atom. The van der Waals surface area contributed by atoms with Crippen molar-refractivity contribution in [1.29, 1.82) is 0 Å². The molecule has 0 saturated carbocycles. The van der Waals surface area contributed by atoms with Crippen LogP contribution >= 0.6 is 0 Å². The van der Waals surface area contributed by atoms with Crippen molar-refractivity contribution in [3.05, 3.63) is 60.3 Å². The molecule has 0 aliphatic rings. The van der Waals surface area contributed by atoms with E-state index in [2.05, 4.69) is 10.5 Å². The highest BCUT2D eigenvalue weighted by Crippen LogP contribution is 2.21. The molecule has 162 valence electrons. The number of fused-ring (bicyclic) bond motifs is 1. The van der Waals surface area contributed by atoms with Gasteiger partial charge in [0.1, 0.15) is 18.5 Å². The molecule has 0 saturated heterocycles. The SMILES string of the molecule is CC(=O)N(C)c1ccc(OCC(O)Cn2cc(/C=N/NC(N)=O)c3ccccc32)cc1. The summed E-state index contributed by atoms with van der Waals surface area (Å²) >= 11 is 0. The van der Waals surface area contributed by atoms with Gasteiger partial charge in [-0.05, 0) is 30.3 Å². The first-order valence-corrected chi connectivity index (χ1v) is 9.66. The lowest BCUT2D eigenvalue weighted by Gasteiger charge is -2.16. The van der Waals surface area contributed by atoms with Crippen LogP contribution in [0.3, 0.4) is 0 Å². The number of ether oxygens (including phenoxy) is 1. The van der Waals surface area contributed by atoms with Crippen molar-refractivity contribution >= 4 is 34.7 Å². The van der Waals surface area contributed by atoms with Crippen molar-refractivity contribution in [3.63, 3.8) is 0 Å². The number of aliphatic hydroxyl groups is 1. The summed E-state index contributed by atoms with van der Waals surface area (Å²) in [7, 11) is 1.70. The van der Waals surface area contributed by atoms with E-state index in [1.54, 1.807) is 31.3 Å². The van der Waals surface area contributed by atoms with Crippen molar-refractivity contribution in [3.8, 4) is 5.75 Å². The first-order chi connectivity index (χ1) is 14.8. The third-order valence-corrected chi connectivity index (χ3v) is 4.74. The molecule has 0 aliphatic heterocycles. The van der Waals surface area contributed by atoms with E-state index in [0.717, 1.165) is 22.2 Å². The monoisotopic (exact) mass is 423 g/mol. The van der Waals surface area contributed by atoms with Crippen LogP contribution in [0.4, 0.5) is 10.5 Å². The maximum Gasteiger partial charge on any atom is 0.332 e. The summed E-state index contributed by atoms with van der Waals surface area (Å²) in [6.07, 6.45) is 2.59. The summed E-state index contributed by atoms with van der Waals surface area (Å²) in [5.74, 6) is 0.542. The minimum atomic E-state index is -0.760. The number of amides is 3. The quantitative estimate of drug-likeness (QED) is 0.379. The second-order valence-corrected chi connectivity index (χ2v) is 7.02. The van der Waals surface area contributed by atoms with Gasteiger partial charge in [0.05, 0.1) is 12.8 Å². The largest absolute Gasteiger partial charge is 0.491 e. The minimum Gasteiger partial charge on any atom is -0.491 e. The van der Waals surface area contributed by atoms with Crippen LogP contribution in [0.5, 0.6) is 5.75 Å². The van der Waals surface area contributed by atoms with Crippen molar-refractivity contribution in [2.45, 2.75) is 19.6 Å². The second kappa shape index (κ2) is 9.77. The topological polar surface area (TPSA) is 122 Å². The molecule has 1 aromatic heterocycles. The number of hydrogen-bond acceptors (Lipinski definition) is 5. The summed E-state index contributed by atoms with van der Waals surface area (Å²) in [5.41, 5.74) is 9.66. The molecule has 0 radical (unpaired) electrons. The summed E-state index contributed by atoms with van der Waals surface area (Å²) < 4.78 is 7.59. The number of anilines is 1. The van der Waals surface area contributed by atoms with Crippen LogP contribution in [0.2, 0.25) is 0 Å². The van der Waals surface area contributed by atoms with Gasteiger partial charge in [-0.15, -0.1) is 0 Å². The Morgan fingerprint density at radius 3 is 2.65 bits per heavy atom. The Morgan fingerprint density at radius 2 is 1.97 bits per heavy atom. The van der Waals surface area contributed by atoms with Gasteiger partial charge in [0.2, 0.25) is 5.91 Å². The predicted molar refractivity (Wildman–Crippen MR) is 119 cm³/mol. The van der Waals surface area contributed by atoms with E-state index in [1.165, 1.54) is 18.0 Å². The molecule has 0 spiro atoms. The lowest BCUT2D eigenvalue weighted by Crippen LogP contribution is -2.24. The van der Waals surface area contributed by atoms with Gasteiger partial charge < -0.3 is 25.0 Å². The number of aliphatic hydroxyl groups excluding tert-OH is 1. The van der Waals surface area contributed by atoms with E-state index in [4.69, 9.17) is 10.5 Å². The zero-order valence-electron chi connectivity index (χ0n) is 17.4. The normalized spacial score (nSPS) is 12.1. The number of nitrogens with one attached hydrogen (secondary N) is 1. The first kappa shape index (κ1) is 21.8. The number of primary amides is 1. The van der Waals surface area contributed by atoms with Gasteiger partial charge in [-0.1, -0.05) is 18.2 Å². The highest BCUT2D eigenvalue weighted by atomic mass is 16.5. The molecule has 1 unspecified atom stereocenters. The van der Waals surface area contributed by atoms with Gasteiger partial charge in [0, 0.05) is 42.3 Å². The van der Waals surface area contributed by atoms with E-state index in [9.17, 15) is 14.7 Å². The van der Waals surface area contributed by atoms with Crippen molar-refractivity contribution < 1.29 is 19.4 Å². The lowest BCUT2D eigenvalue weighted by atomic mass is 10.2. The van der Waals surface area contributed by atoms with E-state index in [0.29, 0.717) is 12.3 Å². The van der Waals surface area contributed by atoms with Gasteiger partial charge in [0.25, 0.3) is 0 Å². The third kappa shape index (κ3) is 5.61. The average Bonchev–Trinajstić information content (AvgIpc) is 3.09. The van der Waals surface area contributed by atoms with Crippen molar-refractivity contribution in [1.82, 2.24) is 9.99 Å². The van der Waals surface area contributed by atoms with E-state index < -0.39 is 12.1 Å². The minimum absolute atomic E-state index is 0.0575. The summed E-state index contributed by atoms with van der Waals surface area (Å²) in [6, 6.07) is 14.0. The molecule has 0 aliphatic carbocycles. The number of urea groups is 1. The molecule has 1 atom stereocenters. The number of hydrazone groups is 1. The standard InChI is InChI=1S/C22H25N5O4/c1-15(28)26(2)17-7-9-19(10-8-17)31-14-18(29)13-27-12-16(11-24-25-22(23)30)20-5-3-4-6-21(20)27/h3-12,18,29H,13-14H2,1-2H3,(H3,23,25,30)/b24-11+. The lowest BCUT2D eigenvalue weighted by molar-refractivity contribution is -0.116. The Kier molecular flexibility index (Phi) is 6.88. The number of carbonyl (C=O) groups excluding carboxylic acids is 2. The number of hydrogen-bond donors (Lipinski definition) is 3. The molecule has 2 aromatic carbocycles. The van der Waals surface area contributed by atoms with Crippen LogP contribution in [0.25, 0.3) is 10.9 Å². The Bertz CT molecular complexity index is 1090. The highest BCUT2D eigenvalue weighted by molar-refractivity contribution is 5.99. The average molecular weight is 423 g/mol. The zero-order valence-corrected chi connectivity index (χ0v) is 17.4. The number of nitrogens with two attached hydrogens (primary N) is 1. The van der Waals surface area contributed by atoms with Gasteiger partial charge in [0.15, 0.2) is 0 Å². The van der Waals surface area contributed by atoms with Gasteiger partial charge in [-0.3, -0.25) is 4.79 Å². The maximum atomic E-state index is 11.4. The fraction of sp³-hybridized carbons (Fsp3) is 0.227. The molecule has 0 bridgehead atoms. The van der Waals surface area contributed by atoms with Gasteiger partial charge in [-0.25, -0.2) is 10.2 Å². The molecular formula is C22H25N5O4. The number of para-hydroxylation sites is 1. The molecule has 9 nitrogen and oxygen atoms in total. The molecule has 31 heavy (non-hydrogen) atoms. The maximum absolute atomic E-state index is 11.4. The second-order valence-electron chi connectivity index (χ2n) is 7.02. The van der Waals surface area contributed by atoms with Crippen LogP contribution in [-0.2, 0) is 11.3 Å². The number of carbonyl (C=O) groups is 2. The summed E-state index contributed by atoms with van der Waals surface area (Å²) in [5, 5.41) is 15.2. The van der Waals surface area contributed by atoms with Crippen LogP contribution < -0.4 is 20.8 Å². The Balaban J connectivity index is 1.65. The predicted octanol–water partition coefficient (Wildman–Crippen LogP) is 2.07. The van der Waals surface area contributed by atoms with E-state index in [-0.39, 0.29) is 12.5 Å². The number of aromatic nitrogens is 1. The van der Waals surface area contributed by atoms with Crippen LogP contribution in [0, 0.1) is 0 Å². The van der Waals surface area contributed by atoms with Crippen LogP contribution in [0.15, 0.2) is 59.8 Å². The summed E-state index contributed by atoms with van der Waals surface area (Å²) in [4.78, 5) is 23.8. The number of rotatable bonds is 8. The van der Waals surface area contributed by atoms with E-state index in [1.807, 2.05) is 35.0 Å². The molecule has 3 aromatic rings. The van der Waals surface area contributed by atoms with Crippen molar-refractivity contribution in [2.24, 2.45) is 10.8 Å².